The van der Waals surface area contributed by atoms with E-state index in [0.29, 0.717) is 0 Å². The van der Waals surface area contributed by atoms with E-state index >= 15 is 0 Å². The Balaban J connectivity index is 3.27. The fourth-order valence-corrected chi connectivity index (χ4v) is 4.23. The number of oxime groups is 1. The topological polar surface area (TPSA) is 94.0 Å². The van der Waals surface area contributed by atoms with Gasteiger partial charge in [0.05, 0.1) is 18.3 Å². The van der Waals surface area contributed by atoms with Crippen LogP contribution in [0.25, 0.3) is 0 Å². The fraction of sp³-hybridized carbons (Fsp3) is 0.593. The molecule has 0 aliphatic carbocycles. The minimum Gasteiger partial charge on any atom is -0.411 e. The second-order valence-corrected chi connectivity index (χ2v) is 11.0. The van der Waals surface area contributed by atoms with Gasteiger partial charge in [0.15, 0.2) is 0 Å². The molecule has 0 aliphatic rings. The Labute approximate surface area is 205 Å². The van der Waals surface area contributed by atoms with Crippen molar-refractivity contribution in [1.29, 1.82) is 0 Å². The Hall–Kier alpha value is -2.67. The normalized spacial score (nSPS) is 15.8. The number of likely N-dealkylation sites (N-methyl/N-ethyl adjacent to an activating group) is 2. The number of hydrogen-bond donors (Lipinski definition) is 3. The number of allylic oxidation sites excluding steroid dienone is 1. The molecule has 0 fully saturated rings. The summed E-state index contributed by atoms with van der Waals surface area (Å²) in [5.74, 6) is -0.274. The van der Waals surface area contributed by atoms with Gasteiger partial charge in [0, 0.05) is 12.5 Å². The maximum absolute atomic E-state index is 13.7. The SMILES string of the molecule is CNC(C(=O)NC(C(=O)N(C)C(/C=C(C)/C=N/O)C(C)C)C(C)(C)C)C(C)(C)c1ccccc1. The van der Waals surface area contributed by atoms with Gasteiger partial charge >= 0.3 is 0 Å². The molecule has 0 radical (unpaired) electrons. The molecule has 34 heavy (non-hydrogen) atoms. The van der Waals surface area contributed by atoms with Gasteiger partial charge in [0.1, 0.15) is 6.04 Å². The lowest BCUT2D eigenvalue weighted by Crippen LogP contribution is -2.61. The monoisotopic (exact) mass is 472 g/mol. The molecule has 1 rings (SSSR count). The predicted octanol–water partition coefficient (Wildman–Crippen LogP) is 3.97. The summed E-state index contributed by atoms with van der Waals surface area (Å²) in [6, 6.07) is 8.39. The number of benzene rings is 1. The van der Waals surface area contributed by atoms with Gasteiger partial charge in [-0.05, 0) is 36.4 Å². The van der Waals surface area contributed by atoms with E-state index < -0.39 is 22.9 Å². The van der Waals surface area contributed by atoms with Crippen molar-refractivity contribution >= 4 is 18.0 Å². The molecule has 0 heterocycles. The van der Waals surface area contributed by atoms with Gasteiger partial charge in [-0.1, -0.05) is 90.0 Å². The zero-order chi connectivity index (χ0) is 26.3. The van der Waals surface area contributed by atoms with E-state index in [4.69, 9.17) is 5.21 Å². The average molecular weight is 473 g/mol. The summed E-state index contributed by atoms with van der Waals surface area (Å²) >= 11 is 0. The fourth-order valence-electron chi connectivity index (χ4n) is 4.23. The molecule has 1 aromatic carbocycles. The van der Waals surface area contributed by atoms with Gasteiger partial charge in [-0.15, -0.1) is 0 Å². The lowest BCUT2D eigenvalue weighted by Gasteiger charge is -2.40. The third kappa shape index (κ3) is 7.42. The summed E-state index contributed by atoms with van der Waals surface area (Å²) in [4.78, 5) is 28.9. The molecule has 0 aromatic heterocycles. The van der Waals surface area contributed by atoms with Gasteiger partial charge in [0.25, 0.3) is 0 Å². The Bertz CT molecular complexity index is 870. The van der Waals surface area contributed by atoms with Crippen LogP contribution in [0.2, 0.25) is 0 Å². The summed E-state index contributed by atoms with van der Waals surface area (Å²) in [5.41, 5.74) is 0.771. The highest BCUT2D eigenvalue weighted by atomic mass is 16.4. The molecule has 3 unspecified atom stereocenters. The molecule has 7 nitrogen and oxygen atoms in total. The Kier molecular flexibility index (Phi) is 10.5. The number of rotatable bonds is 10. The van der Waals surface area contributed by atoms with Crippen LogP contribution in [-0.2, 0) is 15.0 Å². The first-order valence-electron chi connectivity index (χ1n) is 11.8. The summed E-state index contributed by atoms with van der Waals surface area (Å²) < 4.78 is 0. The van der Waals surface area contributed by atoms with Gasteiger partial charge in [-0.2, -0.15) is 0 Å². The summed E-state index contributed by atoms with van der Waals surface area (Å²) in [7, 11) is 3.52. The lowest BCUT2D eigenvalue weighted by molar-refractivity contribution is -0.140. The van der Waals surface area contributed by atoms with Crippen LogP contribution in [0.3, 0.4) is 0 Å². The molecule has 190 valence electrons. The van der Waals surface area contributed by atoms with Crippen LogP contribution < -0.4 is 10.6 Å². The minimum atomic E-state index is -0.728. The number of nitrogens with zero attached hydrogens (tertiary/aromatic N) is 2. The van der Waals surface area contributed by atoms with Crippen LogP contribution in [0.15, 0.2) is 47.1 Å². The molecule has 1 aromatic rings. The van der Waals surface area contributed by atoms with E-state index in [9.17, 15) is 9.59 Å². The van der Waals surface area contributed by atoms with Crippen LogP contribution in [0.5, 0.6) is 0 Å². The second kappa shape index (κ2) is 12.2. The van der Waals surface area contributed by atoms with E-state index in [1.165, 1.54) is 6.21 Å². The van der Waals surface area contributed by atoms with Crippen LogP contribution >= 0.6 is 0 Å². The Morgan fingerprint density at radius 3 is 2.06 bits per heavy atom. The summed E-state index contributed by atoms with van der Waals surface area (Å²) in [6.45, 7) is 15.8. The minimum absolute atomic E-state index is 0.120. The first-order valence-corrected chi connectivity index (χ1v) is 11.8. The van der Waals surface area contributed by atoms with E-state index in [0.717, 1.165) is 11.1 Å². The van der Waals surface area contributed by atoms with Gasteiger partial charge in [-0.3, -0.25) is 9.59 Å². The Morgan fingerprint density at radius 2 is 1.62 bits per heavy atom. The number of carbonyl (C=O) groups is 2. The number of nitrogens with one attached hydrogen (secondary N) is 2. The molecule has 2 amide bonds. The van der Waals surface area contributed by atoms with Crippen molar-refractivity contribution in [3.8, 4) is 0 Å². The second-order valence-electron chi connectivity index (χ2n) is 11.0. The van der Waals surface area contributed by atoms with Crippen molar-refractivity contribution in [2.24, 2.45) is 16.5 Å². The number of amides is 2. The van der Waals surface area contributed by atoms with Crippen molar-refractivity contribution < 1.29 is 14.8 Å². The maximum Gasteiger partial charge on any atom is 0.245 e. The highest BCUT2D eigenvalue weighted by Crippen LogP contribution is 2.29. The quantitative estimate of drug-likeness (QED) is 0.273. The molecule has 0 aliphatic heterocycles. The molecular formula is C27H44N4O3. The standard InChI is InChI=1S/C27H44N4O3/c1-18(2)21(16-19(3)17-29-34)31(10)25(33)23(26(4,5)6)30-24(32)22(28-9)27(7,8)20-14-12-11-13-15-20/h11-18,21-23,28,34H,1-10H3,(H,30,32)/b19-16+,29-17+. The average Bonchev–Trinajstić information content (AvgIpc) is 2.75. The molecule has 0 bridgehead atoms. The zero-order valence-electron chi connectivity index (χ0n) is 22.5. The molecule has 0 spiro atoms. The van der Waals surface area contributed by atoms with Crippen LogP contribution in [0.1, 0.15) is 61.0 Å². The largest absolute Gasteiger partial charge is 0.411 e. The van der Waals surface area contributed by atoms with Crippen molar-refractivity contribution in [2.45, 2.75) is 78.9 Å². The first-order chi connectivity index (χ1) is 15.7. The van der Waals surface area contributed by atoms with Gasteiger partial charge < -0.3 is 20.7 Å². The van der Waals surface area contributed by atoms with Crippen LogP contribution in [-0.4, -0.2) is 60.4 Å². The molecule has 3 atom stereocenters. The number of hydrogen-bond acceptors (Lipinski definition) is 5. The third-order valence-electron chi connectivity index (χ3n) is 6.36. The first kappa shape index (κ1) is 29.4. The number of carbonyl (C=O) groups excluding carboxylic acids is 2. The van der Waals surface area contributed by atoms with Crippen LogP contribution in [0, 0.1) is 11.3 Å². The molecular weight excluding hydrogens is 428 g/mol. The predicted molar refractivity (Wildman–Crippen MR) is 139 cm³/mol. The van der Waals surface area contributed by atoms with E-state index in [2.05, 4.69) is 15.8 Å². The lowest BCUT2D eigenvalue weighted by atomic mass is 9.76. The van der Waals surface area contributed by atoms with Gasteiger partial charge in [-0.25, -0.2) is 0 Å². The zero-order valence-corrected chi connectivity index (χ0v) is 22.5. The third-order valence-corrected chi connectivity index (χ3v) is 6.36. The van der Waals surface area contributed by atoms with Crippen molar-refractivity contribution in [1.82, 2.24) is 15.5 Å². The van der Waals surface area contributed by atoms with Crippen molar-refractivity contribution in [2.75, 3.05) is 14.1 Å². The molecule has 0 saturated heterocycles. The maximum atomic E-state index is 13.7. The van der Waals surface area contributed by atoms with Crippen molar-refractivity contribution in [3.63, 3.8) is 0 Å². The summed E-state index contributed by atoms with van der Waals surface area (Å²) in [6.07, 6.45) is 3.25. The van der Waals surface area contributed by atoms with Crippen LogP contribution in [0.4, 0.5) is 0 Å². The highest BCUT2D eigenvalue weighted by molar-refractivity contribution is 5.91. The van der Waals surface area contributed by atoms with Gasteiger partial charge in [0.2, 0.25) is 11.8 Å². The smallest absolute Gasteiger partial charge is 0.245 e. The molecule has 3 N–H and O–H groups in total. The van der Waals surface area contributed by atoms with E-state index in [1.807, 2.05) is 91.8 Å². The molecule has 7 heteroatoms. The highest BCUT2D eigenvalue weighted by Gasteiger charge is 2.41. The van der Waals surface area contributed by atoms with E-state index in [-0.39, 0.29) is 23.8 Å². The Morgan fingerprint density at radius 1 is 1.06 bits per heavy atom. The summed E-state index contributed by atoms with van der Waals surface area (Å²) in [5, 5.41) is 18.1. The van der Waals surface area contributed by atoms with E-state index in [1.54, 1.807) is 19.0 Å². The van der Waals surface area contributed by atoms with Crippen molar-refractivity contribution in [3.05, 3.63) is 47.5 Å². The molecule has 0 saturated carbocycles.